The lowest BCUT2D eigenvalue weighted by Gasteiger charge is -2.10. The summed E-state index contributed by atoms with van der Waals surface area (Å²) < 4.78 is 6.45. The minimum Gasteiger partial charge on any atom is -0.454 e. The van der Waals surface area contributed by atoms with Gasteiger partial charge >= 0.3 is 0 Å². The summed E-state index contributed by atoms with van der Waals surface area (Å²) in [6.45, 7) is 0. The monoisotopic (exact) mass is 322 g/mol. The van der Waals surface area contributed by atoms with Gasteiger partial charge in [0.25, 0.3) is 0 Å². The van der Waals surface area contributed by atoms with Crippen LogP contribution in [-0.4, -0.2) is 0 Å². The van der Waals surface area contributed by atoms with Crippen molar-refractivity contribution in [3.8, 4) is 17.6 Å². The first kappa shape index (κ1) is 12.7. The highest BCUT2D eigenvalue weighted by Crippen LogP contribution is 2.33. The van der Waals surface area contributed by atoms with Crippen molar-refractivity contribution in [1.29, 1.82) is 5.26 Å². The summed E-state index contributed by atoms with van der Waals surface area (Å²) in [5.74, 6) is 0.859. The number of benzene rings is 2. The van der Waals surface area contributed by atoms with Gasteiger partial charge in [0.1, 0.15) is 11.8 Å². The number of anilines is 1. The number of nitrogen functional groups attached to an aromatic ring is 1. The van der Waals surface area contributed by atoms with Gasteiger partial charge in [0.05, 0.1) is 11.3 Å². The van der Waals surface area contributed by atoms with Crippen LogP contribution in [0, 0.1) is 11.3 Å². The van der Waals surface area contributed by atoms with Crippen molar-refractivity contribution in [2.75, 3.05) is 5.73 Å². The molecule has 0 unspecified atom stereocenters. The lowest BCUT2D eigenvalue weighted by Crippen LogP contribution is -1.93. The van der Waals surface area contributed by atoms with Gasteiger partial charge in [0, 0.05) is 15.6 Å². The van der Waals surface area contributed by atoms with Crippen molar-refractivity contribution in [3.05, 3.63) is 51.5 Å². The van der Waals surface area contributed by atoms with E-state index < -0.39 is 0 Å². The summed E-state index contributed by atoms with van der Waals surface area (Å²) >= 11 is 9.20. The number of hydrogen-bond acceptors (Lipinski definition) is 3. The molecular formula is C13H8BrClN2O. The first-order valence-electron chi connectivity index (χ1n) is 5.02. The van der Waals surface area contributed by atoms with Crippen molar-refractivity contribution < 1.29 is 4.74 Å². The number of hydrogen-bond donors (Lipinski definition) is 1. The Hall–Kier alpha value is -1.70. The molecule has 0 aliphatic rings. The van der Waals surface area contributed by atoms with Gasteiger partial charge in [-0.25, -0.2) is 0 Å². The Morgan fingerprint density at radius 2 is 1.94 bits per heavy atom. The van der Waals surface area contributed by atoms with E-state index in [-0.39, 0.29) is 0 Å². The fraction of sp³-hybridized carbons (Fsp3) is 0. The summed E-state index contributed by atoms with van der Waals surface area (Å²) in [4.78, 5) is 0. The zero-order valence-corrected chi connectivity index (χ0v) is 11.5. The second-order valence-electron chi connectivity index (χ2n) is 3.54. The maximum absolute atomic E-state index is 9.01. The van der Waals surface area contributed by atoms with Crippen LogP contribution in [-0.2, 0) is 0 Å². The number of nitrogens with two attached hydrogens (primary N) is 1. The molecule has 0 radical (unpaired) electrons. The molecule has 90 valence electrons. The average Bonchev–Trinajstić information content (AvgIpc) is 2.34. The van der Waals surface area contributed by atoms with E-state index in [1.807, 2.05) is 0 Å². The van der Waals surface area contributed by atoms with Crippen LogP contribution in [0.25, 0.3) is 0 Å². The molecule has 18 heavy (non-hydrogen) atoms. The molecule has 0 heterocycles. The molecular weight excluding hydrogens is 316 g/mol. The molecule has 0 bridgehead atoms. The summed E-state index contributed by atoms with van der Waals surface area (Å²) in [7, 11) is 0. The van der Waals surface area contributed by atoms with Gasteiger partial charge in [-0.1, -0.05) is 27.5 Å². The standard InChI is InChI=1S/C13H8BrClN2O/c14-9-2-1-8(7-16)12(5-9)18-13-6-10(15)3-4-11(13)17/h1-6H,17H2. The number of nitriles is 1. The molecule has 0 spiro atoms. The van der Waals surface area contributed by atoms with E-state index in [2.05, 4.69) is 22.0 Å². The fourth-order valence-electron chi connectivity index (χ4n) is 1.39. The van der Waals surface area contributed by atoms with Gasteiger partial charge in [-0.3, -0.25) is 0 Å². The maximum Gasteiger partial charge on any atom is 0.151 e. The van der Waals surface area contributed by atoms with Gasteiger partial charge in [-0.2, -0.15) is 5.26 Å². The van der Waals surface area contributed by atoms with Gasteiger partial charge in [0.2, 0.25) is 0 Å². The van der Waals surface area contributed by atoms with Crippen molar-refractivity contribution in [1.82, 2.24) is 0 Å². The number of halogens is 2. The van der Waals surface area contributed by atoms with Crippen LogP contribution in [0.4, 0.5) is 5.69 Å². The Kier molecular flexibility index (Phi) is 3.75. The summed E-state index contributed by atoms with van der Waals surface area (Å²) in [5, 5.41) is 9.53. The van der Waals surface area contributed by atoms with Gasteiger partial charge < -0.3 is 10.5 Å². The first-order valence-corrected chi connectivity index (χ1v) is 6.20. The largest absolute Gasteiger partial charge is 0.454 e. The number of nitrogens with zero attached hydrogens (tertiary/aromatic N) is 1. The molecule has 0 aromatic heterocycles. The number of rotatable bonds is 2. The van der Waals surface area contributed by atoms with Gasteiger partial charge in [-0.05, 0) is 30.3 Å². The van der Waals surface area contributed by atoms with Crippen LogP contribution in [0.2, 0.25) is 5.02 Å². The van der Waals surface area contributed by atoms with Crippen molar-refractivity contribution in [2.45, 2.75) is 0 Å². The smallest absolute Gasteiger partial charge is 0.151 e. The molecule has 0 aliphatic carbocycles. The zero-order valence-electron chi connectivity index (χ0n) is 9.15. The normalized spacial score (nSPS) is 9.83. The molecule has 0 aliphatic heterocycles. The molecule has 0 amide bonds. The summed E-state index contributed by atoms with van der Waals surface area (Å²) in [6, 6.07) is 12.1. The number of ether oxygens (including phenoxy) is 1. The predicted octanol–water partition coefficient (Wildman–Crippen LogP) is 4.35. The topological polar surface area (TPSA) is 59.0 Å². The molecule has 2 aromatic carbocycles. The summed E-state index contributed by atoms with van der Waals surface area (Å²) in [5.41, 5.74) is 6.68. The molecule has 2 rings (SSSR count). The molecule has 0 saturated carbocycles. The average molecular weight is 324 g/mol. The highest BCUT2D eigenvalue weighted by Gasteiger charge is 2.08. The van der Waals surface area contributed by atoms with Gasteiger partial charge in [-0.15, -0.1) is 0 Å². The minimum absolute atomic E-state index is 0.428. The van der Waals surface area contributed by atoms with E-state index in [0.717, 1.165) is 4.47 Å². The van der Waals surface area contributed by atoms with E-state index >= 15 is 0 Å². The highest BCUT2D eigenvalue weighted by molar-refractivity contribution is 9.10. The third-order valence-corrected chi connectivity index (χ3v) is 2.99. The molecule has 2 N–H and O–H groups in total. The maximum atomic E-state index is 9.01. The lowest BCUT2D eigenvalue weighted by atomic mass is 10.2. The molecule has 0 saturated heterocycles. The van der Waals surface area contributed by atoms with Crippen LogP contribution in [0.3, 0.4) is 0 Å². The summed E-state index contributed by atoms with van der Waals surface area (Å²) in [6.07, 6.45) is 0. The van der Waals surface area contributed by atoms with Crippen LogP contribution in [0.15, 0.2) is 40.9 Å². The van der Waals surface area contributed by atoms with E-state index in [4.69, 9.17) is 27.3 Å². The lowest BCUT2D eigenvalue weighted by molar-refractivity contribution is 0.483. The molecule has 0 fully saturated rings. The van der Waals surface area contributed by atoms with Crippen molar-refractivity contribution >= 4 is 33.2 Å². The SMILES string of the molecule is N#Cc1ccc(Br)cc1Oc1cc(Cl)ccc1N. The third kappa shape index (κ3) is 2.76. The Balaban J connectivity index is 2.43. The molecule has 5 heteroatoms. The fourth-order valence-corrected chi connectivity index (χ4v) is 1.89. The Labute approximate surface area is 118 Å². The highest BCUT2D eigenvalue weighted by atomic mass is 79.9. The van der Waals surface area contributed by atoms with Gasteiger partial charge in [0.15, 0.2) is 5.75 Å². The first-order chi connectivity index (χ1) is 8.60. The minimum atomic E-state index is 0.428. The van der Waals surface area contributed by atoms with Crippen LogP contribution in [0.5, 0.6) is 11.5 Å². The van der Waals surface area contributed by atoms with E-state index in [9.17, 15) is 0 Å². The second-order valence-corrected chi connectivity index (χ2v) is 4.89. The zero-order chi connectivity index (χ0) is 13.1. The Bertz CT molecular complexity index is 637. The van der Waals surface area contributed by atoms with Crippen molar-refractivity contribution in [2.24, 2.45) is 0 Å². The van der Waals surface area contributed by atoms with Crippen LogP contribution in [0.1, 0.15) is 5.56 Å². The predicted molar refractivity (Wildman–Crippen MR) is 74.8 cm³/mol. The molecule has 0 atom stereocenters. The Morgan fingerprint density at radius 1 is 1.17 bits per heavy atom. The quantitative estimate of drug-likeness (QED) is 0.836. The second kappa shape index (κ2) is 5.30. The van der Waals surface area contributed by atoms with Crippen molar-refractivity contribution in [3.63, 3.8) is 0 Å². The Morgan fingerprint density at radius 3 is 2.67 bits per heavy atom. The van der Waals surface area contributed by atoms with E-state index in [1.54, 1.807) is 36.4 Å². The molecule has 3 nitrogen and oxygen atoms in total. The van der Waals surface area contributed by atoms with E-state index in [0.29, 0.717) is 27.8 Å². The van der Waals surface area contributed by atoms with Crippen LogP contribution < -0.4 is 10.5 Å². The van der Waals surface area contributed by atoms with E-state index in [1.165, 1.54) is 0 Å². The van der Waals surface area contributed by atoms with Crippen LogP contribution >= 0.6 is 27.5 Å². The third-order valence-electron chi connectivity index (χ3n) is 2.26. The molecule has 2 aromatic rings.